The molecule has 4 heteroatoms. The van der Waals surface area contributed by atoms with Gasteiger partial charge in [-0.05, 0) is 6.42 Å². The normalized spacial score (nSPS) is 12.1. The van der Waals surface area contributed by atoms with E-state index in [1.54, 1.807) is 24.3 Å². The van der Waals surface area contributed by atoms with Crippen molar-refractivity contribution in [3.8, 4) is 0 Å². The molecule has 0 aliphatic carbocycles. The van der Waals surface area contributed by atoms with Crippen LogP contribution in [0.5, 0.6) is 0 Å². The second-order valence-electron chi connectivity index (χ2n) is 3.27. The van der Waals surface area contributed by atoms with Gasteiger partial charge in [-0.3, -0.25) is 9.59 Å². The van der Waals surface area contributed by atoms with Crippen LogP contribution in [0.15, 0.2) is 30.3 Å². The van der Waals surface area contributed by atoms with Crippen LogP contribution < -0.4 is 5.73 Å². The van der Waals surface area contributed by atoms with E-state index in [1.807, 2.05) is 6.07 Å². The number of carboxylic acid groups (broad SMARTS) is 1. The molecular formula is C11H13NO3. The molecule has 1 aromatic rings. The maximum absolute atomic E-state index is 11.5. The van der Waals surface area contributed by atoms with E-state index in [2.05, 4.69) is 0 Å². The molecule has 0 aromatic heterocycles. The van der Waals surface area contributed by atoms with E-state index in [9.17, 15) is 9.59 Å². The molecule has 4 nitrogen and oxygen atoms in total. The fourth-order valence-electron chi connectivity index (χ4n) is 1.18. The van der Waals surface area contributed by atoms with Crippen LogP contribution in [-0.4, -0.2) is 22.9 Å². The molecule has 1 aromatic carbocycles. The summed E-state index contributed by atoms with van der Waals surface area (Å²) in [5, 5.41) is 8.53. The molecular weight excluding hydrogens is 194 g/mol. The minimum Gasteiger partial charge on any atom is -0.480 e. The summed E-state index contributed by atoms with van der Waals surface area (Å²) in [6, 6.07) is 7.80. The standard InChI is InChI=1S/C11H13NO3/c12-9(11(14)15)6-7-10(13)8-4-2-1-3-5-8/h1-5,9H,6-7,12H2,(H,14,15)/t9-/m1/s1. The van der Waals surface area contributed by atoms with Gasteiger partial charge in [-0.25, -0.2) is 0 Å². The molecule has 0 unspecified atom stereocenters. The number of hydrogen-bond donors (Lipinski definition) is 2. The lowest BCUT2D eigenvalue weighted by molar-refractivity contribution is -0.138. The third-order valence-electron chi connectivity index (χ3n) is 2.10. The largest absolute Gasteiger partial charge is 0.480 e. The molecule has 0 radical (unpaired) electrons. The Balaban J connectivity index is 2.47. The number of carboxylic acids is 1. The lowest BCUT2D eigenvalue weighted by Crippen LogP contribution is -2.30. The van der Waals surface area contributed by atoms with Crippen LogP contribution in [0.25, 0.3) is 0 Å². The van der Waals surface area contributed by atoms with Gasteiger partial charge in [-0.15, -0.1) is 0 Å². The summed E-state index contributed by atoms with van der Waals surface area (Å²) in [7, 11) is 0. The highest BCUT2D eigenvalue weighted by Crippen LogP contribution is 2.06. The van der Waals surface area contributed by atoms with Crippen molar-refractivity contribution in [1.82, 2.24) is 0 Å². The van der Waals surface area contributed by atoms with Gasteiger partial charge >= 0.3 is 5.97 Å². The van der Waals surface area contributed by atoms with Crippen molar-refractivity contribution < 1.29 is 14.7 Å². The van der Waals surface area contributed by atoms with Gasteiger partial charge in [-0.1, -0.05) is 30.3 Å². The summed E-state index contributed by atoms with van der Waals surface area (Å²) in [5.74, 6) is -1.15. The van der Waals surface area contributed by atoms with Gasteiger partial charge in [0, 0.05) is 12.0 Å². The van der Waals surface area contributed by atoms with Crippen LogP contribution in [-0.2, 0) is 4.79 Å². The Morgan fingerprint density at radius 2 is 1.87 bits per heavy atom. The molecule has 0 aliphatic heterocycles. The van der Waals surface area contributed by atoms with E-state index >= 15 is 0 Å². The van der Waals surface area contributed by atoms with Gasteiger partial charge in [0.15, 0.2) is 5.78 Å². The Labute approximate surface area is 87.7 Å². The Kier molecular flexibility index (Phi) is 4.00. The van der Waals surface area contributed by atoms with Crippen LogP contribution in [0.1, 0.15) is 23.2 Å². The summed E-state index contributed by atoms with van der Waals surface area (Å²) in [5.41, 5.74) is 5.88. The van der Waals surface area contributed by atoms with Gasteiger partial charge in [0.05, 0.1) is 0 Å². The first-order valence-corrected chi connectivity index (χ1v) is 4.68. The Hall–Kier alpha value is -1.68. The molecule has 1 rings (SSSR count). The number of ketones is 1. The predicted molar refractivity (Wildman–Crippen MR) is 55.6 cm³/mol. The van der Waals surface area contributed by atoms with E-state index in [4.69, 9.17) is 10.8 Å². The van der Waals surface area contributed by atoms with Crippen molar-refractivity contribution in [3.05, 3.63) is 35.9 Å². The van der Waals surface area contributed by atoms with Crippen molar-refractivity contribution in [3.63, 3.8) is 0 Å². The number of carbonyl (C=O) groups excluding carboxylic acids is 1. The second kappa shape index (κ2) is 5.26. The molecule has 0 saturated heterocycles. The minimum absolute atomic E-state index is 0.0766. The van der Waals surface area contributed by atoms with Gasteiger partial charge in [0.25, 0.3) is 0 Å². The first kappa shape index (κ1) is 11.4. The summed E-state index contributed by atoms with van der Waals surface area (Å²) in [6.45, 7) is 0. The van der Waals surface area contributed by atoms with Crippen molar-refractivity contribution in [1.29, 1.82) is 0 Å². The Morgan fingerprint density at radius 3 is 2.40 bits per heavy atom. The fraction of sp³-hybridized carbons (Fsp3) is 0.273. The highest BCUT2D eigenvalue weighted by Gasteiger charge is 2.13. The number of nitrogens with two attached hydrogens (primary N) is 1. The summed E-state index contributed by atoms with van der Waals surface area (Å²) in [4.78, 5) is 21.9. The Bertz CT molecular complexity index is 348. The number of benzene rings is 1. The molecule has 80 valence electrons. The smallest absolute Gasteiger partial charge is 0.320 e. The highest BCUT2D eigenvalue weighted by atomic mass is 16.4. The van der Waals surface area contributed by atoms with E-state index in [0.29, 0.717) is 5.56 Å². The number of carbonyl (C=O) groups is 2. The van der Waals surface area contributed by atoms with Gasteiger partial charge in [-0.2, -0.15) is 0 Å². The average molecular weight is 207 g/mol. The zero-order chi connectivity index (χ0) is 11.3. The van der Waals surface area contributed by atoms with Crippen molar-refractivity contribution in [2.24, 2.45) is 5.73 Å². The second-order valence-corrected chi connectivity index (χ2v) is 3.27. The third-order valence-corrected chi connectivity index (χ3v) is 2.10. The molecule has 0 bridgehead atoms. The topological polar surface area (TPSA) is 80.4 Å². The molecule has 1 atom stereocenters. The van der Waals surface area contributed by atoms with Gasteiger partial charge < -0.3 is 10.8 Å². The van der Waals surface area contributed by atoms with Crippen LogP contribution in [0, 0.1) is 0 Å². The minimum atomic E-state index is -1.07. The molecule has 0 heterocycles. The highest BCUT2D eigenvalue weighted by molar-refractivity contribution is 5.96. The first-order valence-electron chi connectivity index (χ1n) is 4.68. The monoisotopic (exact) mass is 207 g/mol. The third kappa shape index (κ3) is 3.52. The van der Waals surface area contributed by atoms with Crippen molar-refractivity contribution in [2.75, 3.05) is 0 Å². The average Bonchev–Trinajstić information content (AvgIpc) is 2.26. The van der Waals surface area contributed by atoms with Gasteiger partial charge in [0.1, 0.15) is 6.04 Å². The SMILES string of the molecule is N[C@H](CCC(=O)c1ccccc1)C(=O)O. The zero-order valence-electron chi connectivity index (χ0n) is 8.22. The van der Waals surface area contributed by atoms with E-state index in [1.165, 1.54) is 0 Å². The lowest BCUT2D eigenvalue weighted by Gasteiger charge is -2.05. The van der Waals surface area contributed by atoms with Crippen molar-refractivity contribution in [2.45, 2.75) is 18.9 Å². The van der Waals surface area contributed by atoms with E-state index in [-0.39, 0.29) is 18.6 Å². The van der Waals surface area contributed by atoms with Crippen molar-refractivity contribution >= 4 is 11.8 Å². The Morgan fingerprint density at radius 1 is 1.27 bits per heavy atom. The summed E-state index contributed by atoms with van der Waals surface area (Å²) < 4.78 is 0. The van der Waals surface area contributed by atoms with E-state index < -0.39 is 12.0 Å². The molecule has 15 heavy (non-hydrogen) atoms. The first-order chi connectivity index (χ1) is 7.11. The zero-order valence-corrected chi connectivity index (χ0v) is 8.22. The molecule has 0 amide bonds. The summed E-state index contributed by atoms with van der Waals surface area (Å²) >= 11 is 0. The van der Waals surface area contributed by atoms with E-state index in [0.717, 1.165) is 0 Å². The van der Waals surface area contributed by atoms with Crippen LogP contribution in [0.2, 0.25) is 0 Å². The lowest BCUT2D eigenvalue weighted by atomic mass is 10.0. The molecule has 0 spiro atoms. The fourth-order valence-corrected chi connectivity index (χ4v) is 1.18. The molecule has 0 fully saturated rings. The number of rotatable bonds is 5. The van der Waals surface area contributed by atoms with Crippen LogP contribution >= 0.6 is 0 Å². The predicted octanol–water partition coefficient (Wildman–Crippen LogP) is 1.06. The number of hydrogen-bond acceptors (Lipinski definition) is 3. The number of Topliss-reactive ketones (excluding diaryl/α,β-unsaturated/α-hetero) is 1. The summed E-state index contributed by atoms with van der Waals surface area (Å²) in [6.07, 6.45) is 0.334. The molecule has 3 N–H and O–H groups in total. The maximum Gasteiger partial charge on any atom is 0.320 e. The van der Waals surface area contributed by atoms with Crippen LogP contribution in [0.3, 0.4) is 0 Å². The van der Waals surface area contributed by atoms with Gasteiger partial charge in [0.2, 0.25) is 0 Å². The number of aliphatic carboxylic acids is 1. The quantitative estimate of drug-likeness (QED) is 0.707. The molecule has 0 aliphatic rings. The van der Waals surface area contributed by atoms with Crippen LogP contribution in [0.4, 0.5) is 0 Å². The molecule has 0 saturated carbocycles. The maximum atomic E-state index is 11.5.